The Bertz CT molecular complexity index is 361. The normalized spacial score (nSPS) is 10.5. The smallest absolute Gasteiger partial charge is 0.338 e. The third-order valence-corrected chi connectivity index (χ3v) is 1.72. The van der Waals surface area contributed by atoms with Gasteiger partial charge in [0.1, 0.15) is 5.82 Å². The summed E-state index contributed by atoms with van der Waals surface area (Å²) in [5.74, 6) is -1.14. The van der Waals surface area contributed by atoms with Crippen molar-refractivity contribution in [2.45, 2.75) is 26.6 Å². The molecule has 0 fully saturated rings. The minimum atomic E-state index is -0.584. The van der Waals surface area contributed by atoms with Crippen LogP contribution in [0.15, 0.2) is 18.2 Å². The zero-order chi connectivity index (χ0) is 11.4. The van der Waals surface area contributed by atoms with Crippen molar-refractivity contribution in [3.63, 3.8) is 0 Å². The van der Waals surface area contributed by atoms with Gasteiger partial charge in [0.05, 0.1) is 18.3 Å². The van der Waals surface area contributed by atoms with Gasteiger partial charge in [-0.15, -0.1) is 0 Å². The topological polar surface area (TPSA) is 46.5 Å². The van der Waals surface area contributed by atoms with E-state index in [1.165, 1.54) is 12.1 Å². The first-order chi connectivity index (χ1) is 7.02. The number of aliphatic hydroxyl groups excluding tert-OH is 1. The van der Waals surface area contributed by atoms with E-state index >= 15 is 0 Å². The molecule has 0 spiro atoms. The van der Waals surface area contributed by atoms with Crippen LogP contribution in [0.5, 0.6) is 0 Å². The highest BCUT2D eigenvalue weighted by molar-refractivity contribution is 5.89. The van der Waals surface area contributed by atoms with Crippen molar-refractivity contribution in [3.05, 3.63) is 35.1 Å². The van der Waals surface area contributed by atoms with Gasteiger partial charge in [-0.05, 0) is 37.6 Å². The summed E-state index contributed by atoms with van der Waals surface area (Å²) in [5.41, 5.74) is 0.471. The van der Waals surface area contributed by atoms with Crippen molar-refractivity contribution in [2.24, 2.45) is 0 Å². The first kappa shape index (κ1) is 11.7. The summed E-state index contributed by atoms with van der Waals surface area (Å²) >= 11 is 0. The van der Waals surface area contributed by atoms with Crippen LogP contribution in [-0.4, -0.2) is 17.2 Å². The lowest BCUT2D eigenvalue weighted by Crippen LogP contribution is -2.12. The maximum Gasteiger partial charge on any atom is 0.338 e. The Hall–Kier alpha value is -1.42. The number of rotatable bonds is 3. The number of carbonyl (C=O) groups excluding carboxylic acids is 1. The molecule has 0 unspecified atom stereocenters. The van der Waals surface area contributed by atoms with Crippen molar-refractivity contribution in [2.75, 3.05) is 0 Å². The number of carbonyl (C=O) groups is 1. The van der Waals surface area contributed by atoms with Crippen molar-refractivity contribution in [3.8, 4) is 0 Å². The van der Waals surface area contributed by atoms with Crippen LogP contribution in [0.1, 0.15) is 29.8 Å². The molecule has 0 saturated heterocycles. The first-order valence-electron chi connectivity index (χ1n) is 4.64. The van der Waals surface area contributed by atoms with Gasteiger partial charge >= 0.3 is 5.97 Å². The Kier molecular flexibility index (Phi) is 3.80. The monoisotopic (exact) mass is 212 g/mol. The molecule has 0 radical (unpaired) electrons. The SMILES string of the molecule is CC(C)OC(=O)c1cc(F)cc(CO)c1. The van der Waals surface area contributed by atoms with Crippen LogP contribution in [0, 0.1) is 5.82 Å². The Labute approximate surface area is 87.5 Å². The summed E-state index contributed by atoms with van der Waals surface area (Å²) in [7, 11) is 0. The molecule has 4 heteroatoms. The fraction of sp³-hybridized carbons (Fsp3) is 0.364. The number of halogens is 1. The largest absolute Gasteiger partial charge is 0.459 e. The average Bonchev–Trinajstić information content (AvgIpc) is 2.15. The van der Waals surface area contributed by atoms with Gasteiger partial charge in [0.25, 0.3) is 0 Å². The number of esters is 1. The van der Waals surface area contributed by atoms with E-state index in [-0.39, 0.29) is 18.3 Å². The van der Waals surface area contributed by atoms with Crippen molar-refractivity contribution < 1.29 is 19.0 Å². The van der Waals surface area contributed by atoms with Gasteiger partial charge in [-0.3, -0.25) is 0 Å². The zero-order valence-electron chi connectivity index (χ0n) is 8.66. The van der Waals surface area contributed by atoms with Crippen molar-refractivity contribution in [1.29, 1.82) is 0 Å². The first-order valence-corrected chi connectivity index (χ1v) is 4.64. The van der Waals surface area contributed by atoms with Crippen LogP contribution < -0.4 is 0 Å². The second-order valence-corrected chi connectivity index (χ2v) is 3.46. The van der Waals surface area contributed by atoms with Gasteiger partial charge in [-0.1, -0.05) is 0 Å². The predicted octanol–water partition coefficient (Wildman–Crippen LogP) is 1.88. The van der Waals surface area contributed by atoms with Gasteiger partial charge in [0.2, 0.25) is 0 Å². The quantitative estimate of drug-likeness (QED) is 0.778. The van der Waals surface area contributed by atoms with Gasteiger partial charge < -0.3 is 9.84 Å². The molecule has 3 nitrogen and oxygen atoms in total. The van der Waals surface area contributed by atoms with Crippen LogP contribution in [-0.2, 0) is 11.3 Å². The summed E-state index contributed by atoms with van der Waals surface area (Å²) in [4.78, 5) is 11.4. The Morgan fingerprint density at radius 1 is 1.47 bits per heavy atom. The van der Waals surface area contributed by atoms with E-state index in [4.69, 9.17) is 9.84 Å². The Balaban J connectivity index is 2.93. The lowest BCUT2D eigenvalue weighted by Gasteiger charge is -2.08. The molecule has 0 heterocycles. The molecule has 1 aromatic rings. The molecule has 0 bridgehead atoms. The summed E-state index contributed by atoms with van der Waals surface area (Å²) in [6, 6.07) is 3.67. The zero-order valence-corrected chi connectivity index (χ0v) is 8.66. The lowest BCUT2D eigenvalue weighted by atomic mass is 10.1. The second-order valence-electron chi connectivity index (χ2n) is 3.46. The third-order valence-electron chi connectivity index (χ3n) is 1.72. The van der Waals surface area contributed by atoms with Gasteiger partial charge in [0, 0.05) is 0 Å². The molecule has 15 heavy (non-hydrogen) atoms. The molecule has 0 aliphatic heterocycles. The van der Waals surface area contributed by atoms with Gasteiger partial charge in [0.15, 0.2) is 0 Å². The Morgan fingerprint density at radius 3 is 2.67 bits per heavy atom. The molecule has 0 aliphatic rings. The van der Waals surface area contributed by atoms with Crippen LogP contribution in [0.2, 0.25) is 0 Å². The number of hydrogen-bond acceptors (Lipinski definition) is 3. The molecule has 0 aliphatic carbocycles. The van der Waals surface area contributed by atoms with Crippen LogP contribution in [0.4, 0.5) is 4.39 Å². The minimum Gasteiger partial charge on any atom is -0.459 e. The molecule has 0 atom stereocenters. The molecule has 0 aromatic heterocycles. The predicted molar refractivity (Wildman–Crippen MR) is 52.9 cm³/mol. The summed E-state index contributed by atoms with van der Waals surface area (Å²) < 4.78 is 17.9. The maximum absolute atomic E-state index is 13.0. The van der Waals surface area contributed by atoms with Crippen molar-refractivity contribution in [1.82, 2.24) is 0 Å². The number of benzene rings is 1. The number of ether oxygens (including phenoxy) is 1. The van der Waals surface area contributed by atoms with Gasteiger partial charge in [-0.2, -0.15) is 0 Å². The third kappa shape index (κ3) is 3.32. The molecule has 0 amide bonds. The summed E-state index contributed by atoms with van der Waals surface area (Å²) in [6.45, 7) is 3.12. The minimum absolute atomic E-state index is 0.118. The van der Waals surface area contributed by atoms with E-state index in [0.29, 0.717) is 5.56 Å². The van der Waals surface area contributed by atoms with E-state index in [1.54, 1.807) is 13.8 Å². The lowest BCUT2D eigenvalue weighted by molar-refractivity contribution is 0.0377. The van der Waals surface area contributed by atoms with Crippen LogP contribution >= 0.6 is 0 Å². The van der Waals surface area contributed by atoms with Crippen LogP contribution in [0.3, 0.4) is 0 Å². The van der Waals surface area contributed by atoms with E-state index in [1.807, 2.05) is 0 Å². The van der Waals surface area contributed by atoms with E-state index in [2.05, 4.69) is 0 Å². The van der Waals surface area contributed by atoms with E-state index < -0.39 is 11.8 Å². The fourth-order valence-corrected chi connectivity index (χ4v) is 1.14. The highest BCUT2D eigenvalue weighted by Crippen LogP contribution is 2.11. The number of aliphatic hydroxyl groups is 1. The Morgan fingerprint density at radius 2 is 2.13 bits per heavy atom. The summed E-state index contributed by atoms with van der Waals surface area (Å²) in [5, 5.41) is 8.83. The molecule has 82 valence electrons. The second kappa shape index (κ2) is 4.89. The highest BCUT2D eigenvalue weighted by atomic mass is 19.1. The molecule has 0 saturated carbocycles. The van der Waals surface area contributed by atoms with Gasteiger partial charge in [-0.25, -0.2) is 9.18 Å². The number of hydrogen-bond donors (Lipinski definition) is 1. The standard InChI is InChI=1S/C11H13FO3/c1-7(2)15-11(14)9-3-8(6-13)4-10(12)5-9/h3-5,7,13H,6H2,1-2H3. The average molecular weight is 212 g/mol. The molecular formula is C11H13FO3. The molecule has 1 rings (SSSR count). The maximum atomic E-state index is 13.0. The summed E-state index contributed by atoms with van der Waals surface area (Å²) in [6.07, 6.45) is -0.252. The molecule has 1 N–H and O–H groups in total. The molecular weight excluding hydrogens is 199 g/mol. The molecule has 1 aromatic carbocycles. The van der Waals surface area contributed by atoms with E-state index in [0.717, 1.165) is 6.07 Å². The van der Waals surface area contributed by atoms with E-state index in [9.17, 15) is 9.18 Å². The van der Waals surface area contributed by atoms with Crippen LogP contribution in [0.25, 0.3) is 0 Å². The fourth-order valence-electron chi connectivity index (χ4n) is 1.14. The van der Waals surface area contributed by atoms with Crippen molar-refractivity contribution >= 4 is 5.97 Å². The highest BCUT2D eigenvalue weighted by Gasteiger charge is 2.11.